The Bertz CT molecular complexity index is 273. The largest absolute Gasteiger partial charge is 0.358 e. The van der Waals surface area contributed by atoms with Crippen molar-refractivity contribution in [1.29, 1.82) is 0 Å². The smallest absolute Gasteiger partial charge is 0 e. The van der Waals surface area contributed by atoms with Crippen molar-refractivity contribution in [2.24, 2.45) is 0 Å². The van der Waals surface area contributed by atoms with Crippen molar-refractivity contribution in [2.75, 3.05) is 0 Å². The van der Waals surface area contributed by atoms with Gasteiger partial charge < -0.3 is 28.8 Å². The van der Waals surface area contributed by atoms with Gasteiger partial charge in [0.2, 0.25) is 0 Å². The monoisotopic (exact) mass is 426 g/mol. The first-order chi connectivity index (χ1) is 6.43. The Morgan fingerprint density at radius 1 is 0.824 bits per heavy atom. The summed E-state index contributed by atoms with van der Waals surface area (Å²) in [5.74, 6) is 0. The molecule has 0 spiro atoms. The van der Waals surface area contributed by atoms with Crippen LogP contribution in [0.3, 0.4) is 0 Å². The number of benzene rings is 1. The normalized spacial score (nSPS) is 7.35. The van der Waals surface area contributed by atoms with Crippen molar-refractivity contribution in [3.05, 3.63) is 89.5 Å². The van der Waals surface area contributed by atoms with Crippen LogP contribution in [0.5, 0.6) is 0 Å². The van der Waals surface area contributed by atoms with Gasteiger partial charge in [-0.1, -0.05) is 45.0 Å². The van der Waals surface area contributed by atoms with E-state index < -0.39 is 0 Å². The quantitative estimate of drug-likeness (QED) is 0.486. The summed E-state index contributed by atoms with van der Waals surface area (Å²) >= 11 is 0. The maximum atomic E-state index is 3.89. The molecule has 17 heavy (non-hydrogen) atoms. The maximum absolute atomic E-state index is 3.89. The molecular weight excluding hydrogens is 403 g/mol. The average molecular weight is 427 g/mol. The second kappa shape index (κ2) is 17.9. The second-order valence-corrected chi connectivity index (χ2v) is 4.01. The van der Waals surface area contributed by atoms with Crippen LogP contribution in [-0.2, 0) is 21.1 Å². The van der Waals surface area contributed by atoms with Crippen LogP contribution in [0.25, 0.3) is 0 Å². The molecule has 2 aromatic carbocycles. The van der Waals surface area contributed by atoms with Crippen LogP contribution in [0, 0.1) is 28.8 Å². The Balaban J connectivity index is -0.0000000849. The zero-order valence-corrected chi connectivity index (χ0v) is 14.7. The summed E-state index contributed by atoms with van der Waals surface area (Å²) in [6, 6.07) is 20.4. The molecule has 0 saturated carbocycles. The first-order valence-corrected chi connectivity index (χ1v) is 6.14. The number of hydrogen-bond donors (Lipinski definition) is 0. The minimum atomic E-state index is -0.159. The molecule has 0 fully saturated rings. The van der Waals surface area contributed by atoms with Crippen molar-refractivity contribution in [1.82, 2.24) is 0 Å². The summed E-state index contributed by atoms with van der Waals surface area (Å²) in [6.45, 7) is 3.89. The number of hydrogen-bond acceptors (Lipinski definition) is 0. The molecule has 0 amide bonds. The van der Waals surface area contributed by atoms with E-state index in [2.05, 4.69) is 30.8 Å². The van der Waals surface area contributed by atoms with Crippen molar-refractivity contribution < 1.29 is 21.1 Å². The van der Waals surface area contributed by atoms with E-state index in [4.69, 9.17) is 0 Å². The fourth-order valence-corrected chi connectivity index (χ4v) is 1.57. The van der Waals surface area contributed by atoms with Gasteiger partial charge in [0.1, 0.15) is 0 Å². The molecule has 0 heterocycles. The van der Waals surface area contributed by atoms with Crippen LogP contribution in [0.2, 0.25) is 0 Å². The molecule has 2 heteroatoms. The van der Waals surface area contributed by atoms with E-state index in [0.29, 0.717) is 0 Å². The number of rotatable bonds is 1. The van der Waals surface area contributed by atoms with Crippen LogP contribution in [0.4, 0.5) is 0 Å². The molecule has 0 atom stereocenters. The average Bonchev–Trinajstić information content (AvgIpc) is 2.77. The third kappa shape index (κ3) is 13.4. The van der Waals surface area contributed by atoms with Crippen molar-refractivity contribution in [3.8, 4) is 0 Å². The van der Waals surface area contributed by atoms with Crippen LogP contribution >= 0.6 is 0 Å². The summed E-state index contributed by atoms with van der Waals surface area (Å²) in [5.41, 5.74) is 0. The predicted octanol–water partition coefficient (Wildman–Crippen LogP) is 3.03. The van der Waals surface area contributed by atoms with E-state index in [1.54, 1.807) is 0 Å². The zero-order valence-electron chi connectivity index (χ0n) is 11.0. The summed E-state index contributed by atoms with van der Waals surface area (Å²) in [4.78, 5) is 0. The maximum Gasteiger partial charge on any atom is 0 e. The molecule has 0 saturated heterocycles. The fourth-order valence-electron chi connectivity index (χ4n) is 0.965. The van der Waals surface area contributed by atoms with Gasteiger partial charge >= 0.3 is 0 Å². The molecule has 0 radical (unpaired) electrons. The van der Waals surface area contributed by atoms with Gasteiger partial charge in [-0.2, -0.15) is 18.2 Å². The standard InChI is InChI=1S/C7H9Si.C5H5.3CH3.Pt/c1-8-7-5-3-2-4-6-7;1-2-4-5-3-1;;;;/h2-6H,1,8H2;1-5H;3*1H3;/q5*-1;. The van der Waals surface area contributed by atoms with E-state index in [0.717, 1.165) is 0 Å². The molecule has 0 unspecified atom stereocenters. The van der Waals surface area contributed by atoms with Crippen LogP contribution < -0.4 is 5.19 Å². The third-order valence-electron chi connectivity index (χ3n) is 1.69. The van der Waals surface area contributed by atoms with Crippen LogP contribution in [0.15, 0.2) is 60.7 Å². The molecule has 0 N–H and O–H groups in total. The van der Waals surface area contributed by atoms with Gasteiger partial charge in [-0.3, -0.25) is 0 Å². The van der Waals surface area contributed by atoms with Gasteiger partial charge in [-0.25, -0.2) is 12.1 Å². The van der Waals surface area contributed by atoms with Crippen LogP contribution in [-0.4, -0.2) is 9.52 Å². The van der Waals surface area contributed by atoms with Gasteiger partial charge in [0.05, 0.1) is 0 Å². The Kier molecular flexibility index (Phi) is 26.6. The molecule has 0 nitrogen and oxygen atoms in total. The molecule has 2 rings (SSSR count). The third-order valence-corrected chi connectivity index (χ3v) is 2.74. The van der Waals surface area contributed by atoms with E-state index >= 15 is 0 Å². The van der Waals surface area contributed by atoms with Crippen molar-refractivity contribution in [3.63, 3.8) is 0 Å². The van der Waals surface area contributed by atoms with E-state index in [9.17, 15) is 0 Å². The molecule has 0 aliphatic rings. The Hall–Kier alpha value is -0.525. The minimum absolute atomic E-state index is 0. The van der Waals surface area contributed by atoms with E-state index in [1.807, 2.05) is 36.4 Å². The first-order valence-electron chi connectivity index (χ1n) is 4.43. The summed E-state index contributed by atoms with van der Waals surface area (Å²) in [6.07, 6.45) is 0. The molecule has 0 bridgehead atoms. The minimum Gasteiger partial charge on any atom is -0.358 e. The van der Waals surface area contributed by atoms with Crippen molar-refractivity contribution in [2.45, 2.75) is 0 Å². The molecule has 0 aliphatic carbocycles. The Labute approximate surface area is 125 Å². The predicted molar refractivity (Wildman–Crippen MR) is 81.3 cm³/mol. The summed E-state index contributed by atoms with van der Waals surface area (Å²) < 4.78 is 0. The SMILES string of the molecule is [CH2-][SiH2]c1ccccc1.[CH3-].[CH3-].[CH3-].[Pt].c1cc[cH-]c1. The van der Waals surface area contributed by atoms with E-state index in [-0.39, 0.29) is 52.9 Å². The van der Waals surface area contributed by atoms with E-state index in [1.165, 1.54) is 5.19 Å². The Morgan fingerprint density at radius 3 is 1.53 bits per heavy atom. The van der Waals surface area contributed by atoms with Gasteiger partial charge in [0.25, 0.3) is 0 Å². The van der Waals surface area contributed by atoms with Gasteiger partial charge in [0, 0.05) is 21.1 Å². The summed E-state index contributed by atoms with van der Waals surface area (Å²) in [5, 5.41) is 1.44. The molecular formula is C15H23PtSi-5. The van der Waals surface area contributed by atoms with Crippen molar-refractivity contribution >= 4 is 14.7 Å². The van der Waals surface area contributed by atoms with Gasteiger partial charge in [-0.05, 0) is 0 Å². The van der Waals surface area contributed by atoms with Gasteiger partial charge in [-0.15, -0.1) is 0 Å². The topological polar surface area (TPSA) is 0 Å². The summed E-state index contributed by atoms with van der Waals surface area (Å²) in [7, 11) is -0.159. The molecule has 0 aromatic heterocycles. The second-order valence-electron chi connectivity index (χ2n) is 2.70. The molecule has 102 valence electrons. The molecule has 0 aliphatic heterocycles. The Morgan fingerprint density at radius 2 is 1.29 bits per heavy atom. The zero-order chi connectivity index (χ0) is 9.36. The molecule has 2 aromatic rings. The van der Waals surface area contributed by atoms with Crippen LogP contribution in [0.1, 0.15) is 0 Å². The first kappa shape index (κ1) is 25.4. The van der Waals surface area contributed by atoms with Gasteiger partial charge in [0.15, 0.2) is 0 Å². The fraction of sp³-hybridized carbons (Fsp3) is 0.